The summed E-state index contributed by atoms with van der Waals surface area (Å²) in [5, 5.41) is 33.3. The van der Waals surface area contributed by atoms with Crippen LogP contribution < -0.4 is 16.4 Å². The molecular formula is C14H17N9O4S3. The van der Waals surface area contributed by atoms with E-state index >= 15 is 0 Å². The van der Waals surface area contributed by atoms with E-state index in [9.17, 15) is 19.5 Å². The van der Waals surface area contributed by atoms with Crippen LogP contribution in [0.5, 0.6) is 0 Å². The molecule has 2 atom stereocenters. The van der Waals surface area contributed by atoms with Crippen LogP contribution in [0.15, 0.2) is 21.9 Å². The van der Waals surface area contributed by atoms with Gasteiger partial charge in [-0.25, -0.2) is 9.48 Å². The number of carboxylic acid groups (broad SMARTS) is 1. The average Bonchev–Trinajstić information content (AvgIpc) is 3.35. The number of hydrogen-bond donors (Lipinski definition) is 4. The van der Waals surface area contributed by atoms with Crippen LogP contribution in [0.1, 0.15) is 5.01 Å². The summed E-state index contributed by atoms with van der Waals surface area (Å²) in [7, 11) is 0. The van der Waals surface area contributed by atoms with Crippen molar-refractivity contribution < 1.29 is 19.5 Å². The van der Waals surface area contributed by atoms with E-state index in [-0.39, 0.29) is 12.2 Å². The van der Waals surface area contributed by atoms with Crippen molar-refractivity contribution in [2.45, 2.75) is 29.2 Å². The Hall–Kier alpha value is -2.72. The summed E-state index contributed by atoms with van der Waals surface area (Å²) >= 11 is 4.11. The molecule has 1 aliphatic rings. The molecule has 0 fully saturated rings. The molecule has 5 N–H and O–H groups in total. The minimum atomic E-state index is -1.30. The molecule has 3 rings (SSSR count). The summed E-state index contributed by atoms with van der Waals surface area (Å²) in [6.07, 6.45) is 1.24. The molecule has 0 bridgehead atoms. The molecule has 0 radical (unpaired) electrons. The fraction of sp³-hybridized carbons (Fsp3) is 0.429. The van der Waals surface area contributed by atoms with E-state index in [0.29, 0.717) is 11.5 Å². The zero-order chi connectivity index (χ0) is 21.7. The highest BCUT2D eigenvalue weighted by Gasteiger charge is 2.35. The number of nitrogens with one attached hydrogen (secondary N) is 2. The van der Waals surface area contributed by atoms with Crippen molar-refractivity contribution in [3.8, 4) is 0 Å². The molecule has 13 nitrogen and oxygen atoms in total. The second kappa shape index (κ2) is 9.86. The maximum atomic E-state index is 12.2. The Morgan fingerprint density at radius 2 is 2.27 bits per heavy atom. The predicted octanol–water partition coefficient (Wildman–Crippen LogP) is -1.40. The number of carbonyl (C=O) groups is 3. The Kier molecular flexibility index (Phi) is 7.22. The SMILES string of the molecule is Cc1nnc(SCC2=C(C(N)=O)N[C@@H]([C@H](NC(=O)Cn3cnnn3)C(=O)O)SC2)s1. The van der Waals surface area contributed by atoms with Crippen molar-refractivity contribution in [2.24, 2.45) is 5.73 Å². The predicted molar refractivity (Wildman–Crippen MR) is 108 cm³/mol. The van der Waals surface area contributed by atoms with Crippen molar-refractivity contribution in [1.82, 2.24) is 41.0 Å². The van der Waals surface area contributed by atoms with Crippen LogP contribution in [0.25, 0.3) is 0 Å². The second-order valence-corrected chi connectivity index (χ2v) is 9.52. The van der Waals surface area contributed by atoms with E-state index in [1.807, 2.05) is 6.92 Å². The number of rotatable bonds is 9. The van der Waals surface area contributed by atoms with E-state index in [2.05, 4.69) is 36.4 Å². The fourth-order valence-corrected chi connectivity index (χ4v) is 5.63. The van der Waals surface area contributed by atoms with Gasteiger partial charge in [-0.15, -0.1) is 27.1 Å². The molecule has 0 unspecified atom stereocenters. The summed E-state index contributed by atoms with van der Waals surface area (Å²) in [6, 6.07) is -1.30. The molecule has 160 valence electrons. The van der Waals surface area contributed by atoms with Gasteiger partial charge in [0.2, 0.25) is 5.91 Å². The maximum Gasteiger partial charge on any atom is 0.329 e. The van der Waals surface area contributed by atoms with E-state index < -0.39 is 29.2 Å². The molecular weight excluding hydrogens is 454 g/mol. The lowest BCUT2D eigenvalue weighted by Gasteiger charge is -2.31. The quantitative estimate of drug-likeness (QED) is 0.313. The number of tetrazole rings is 1. The number of hydrogen-bond acceptors (Lipinski definition) is 12. The molecule has 0 saturated carbocycles. The summed E-state index contributed by atoms with van der Waals surface area (Å²) in [6.45, 7) is 1.61. The highest BCUT2D eigenvalue weighted by Crippen LogP contribution is 2.30. The summed E-state index contributed by atoms with van der Waals surface area (Å²) in [4.78, 5) is 35.9. The molecule has 3 heterocycles. The minimum Gasteiger partial charge on any atom is -0.480 e. The van der Waals surface area contributed by atoms with Crippen molar-refractivity contribution in [2.75, 3.05) is 11.5 Å². The van der Waals surface area contributed by atoms with Gasteiger partial charge in [0.1, 0.15) is 29.0 Å². The van der Waals surface area contributed by atoms with E-state index in [4.69, 9.17) is 5.73 Å². The maximum absolute atomic E-state index is 12.2. The first-order valence-electron chi connectivity index (χ1n) is 8.39. The number of primary amides is 1. The Labute approximate surface area is 182 Å². The van der Waals surface area contributed by atoms with Crippen LogP contribution in [0, 0.1) is 6.92 Å². The molecule has 1 aliphatic heterocycles. The molecule has 2 aromatic rings. The average molecular weight is 472 g/mol. The third kappa shape index (κ3) is 5.67. The van der Waals surface area contributed by atoms with Crippen molar-refractivity contribution in [1.29, 1.82) is 0 Å². The van der Waals surface area contributed by atoms with Crippen LogP contribution in [0.2, 0.25) is 0 Å². The number of nitrogens with zero attached hydrogens (tertiary/aromatic N) is 6. The Bertz CT molecular complexity index is 962. The summed E-state index contributed by atoms with van der Waals surface area (Å²) in [5.74, 6) is -1.73. The van der Waals surface area contributed by atoms with Gasteiger partial charge in [0, 0.05) is 11.5 Å². The molecule has 30 heavy (non-hydrogen) atoms. The lowest BCUT2D eigenvalue weighted by atomic mass is 10.2. The topological polar surface area (TPSA) is 191 Å². The Balaban J connectivity index is 1.67. The number of carboxylic acids is 1. The van der Waals surface area contributed by atoms with Crippen molar-refractivity contribution in [3.05, 3.63) is 22.6 Å². The zero-order valence-corrected chi connectivity index (χ0v) is 18.0. The highest BCUT2D eigenvalue weighted by atomic mass is 32.2. The molecule has 0 aliphatic carbocycles. The molecule has 0 aromatic carbocycles. The van der Waals surface area contributed by atoms with E-state index in [1.54, 1.807) is 0 Å². The summed E-state index contributed by atoms with van der Waals surface area (Å²) in [5.41, 5.74) is 6.37. The standard InChI is InChI=1S/C14H17N9O4S3/c1-6-19-20-14(30-6)29-4-7-3-28-12(18-9(7)11(15)25)10(13(26)27)17-8(24)2-23-5-16-21-22-23/h5,10,12,18H,2-4H2,1H3,(H2,15,25)(H,17,24)(H,26,27)/t10-,12+/m0/s1. The third-order valence-corrected chi connectivity index (χ3v) is 7.11. The number of aromatic nitrogens is 6. The molecule has 16 heteroatoms. The molecule has 0 spiro atoms. The van der Waals surface area contributed by atoms with Gasteiger partial charge >= 0.3 is 5.97 Å². The normalized spacial score (nSPS) is 17.3. The molecule has 0 saturated heterocycles. The number of aryl methyl sites for hydroxylation is 1. The smallest absolute Gasteiger partial charge is 0.329 e. The van der Waals surface area contributed by atoms with Crippen LogP contribution in [0.4, 0.5) is 0 Å². The Morgan fingerprint density at radius 1 is 1.47 bits per heavy atom. The number of carbonyl (C=O) groups excluding carboxylic acids is 2. The number of thioether (sulfide) groups is 2. The first-order valence-corrected chi connectivity index (χ1v) is 11.2. The van der Waals surface area contributed by atoms with Crippen LogP contribution in [-0.2, 0) is 20.9 Å². The number of amides is 2. The largest absolute Gasteiger partial charge is 0.480 e. The Morgan fingerprint density at radius 3 is 2.87 bits per heavy atom. The van der Waals surface area contributed by atoms with Crippen LogP contribution in [0.3, 0.4) is 0 Å². The van der Waals surface area contributed by atoms with Gasteiger partial charge in [-0.1, -0.05) is 23.1 Å². The number of aliphatic carboxylic acids is 1. The monoisotopic (exact) mass is 471 g/mol. The van der Waals surface area contributed by atoms with Gasteiger partial charge in [0.15, 0.2) is 10.4 Å². The highest BCUT2D eigenvalue weighted by molar-refractivity contribution is 8.01. The minimum absolute atomic E-state index is 0.147. The van der Waals surface area contributed by atoms with Crippen LogP contribution in [-0.4, -0.2) is 76.2 Å². The summed E-state index contributed by atoms with van der Waals surface area (Å²) < 4.78 is 1.92. The second-order valence-electron chi connectivity index (χ2n) is 5.99. The van der Waals surface area contributed by atoms with Gasteiger partial charge < -0.3 is 21.5 Å². The first kappa shape index (κ1) is 22.0. The first-order chi connectivity index (χ1) is 14.3. The van der Waals surface area contributed by atoms with Gasteiger partial charge in [-0.2, -0.15) is 0 Å². The van der Waals surface area contributed by atoms with Gasteiger partial charge in [0.05, 0.1) is 0 Å². The van der Waals surface area contributed by atoms with Crippen molar-refractivity contribution >= 4 is 52.6 Å². The lowest BCUT2D eigenvalue weighted by molar-refractivity contribution is -0.142. The van der Waals surface area contributed by atoms with Gasteiger partial charge in [-0.3, -0.25) is 9.59 Å². The van der Waals surface area contributed by atoms with Gasteiger partial charge in [0.25, 0.3) is 5.91 Å². The molecule has 2 amide bonds. The molecule has 2 aromatic heterocycles. The third-order valence-electron chi connectivity index (χ3n) is 3.78. The van der Waals surface area contributed by atoms with Crippen LogP contribution >= 0.6 is 34.9 Å². The fourth-order valence-electron chi connectivity index (χ4n) is 2.46. The number of nitrogens with two attached hydrogens (primary N) is 1. The van der Waals surface area contributed by atoms with Gasteiger partial charge in [-0.05, 0) is 22.9 Å². The lowest BCUT2D eigenvalue weighted by Crippen LogP contribution is -2.55. The van der Waals surface area contributed by atoms with Crippen molar-refractivity contribution in [3.63, 3.8) is 0 Å². The van der Waals surface area contributed by atoms with E-state index in [0.717, 1.165) is 19.6 Å². The zero-order valence-electron chi connectivity index (χ0n) is 15.5. The van der Waals surface area contributed by atoms with E-state index in [1.165, 1.54) is 41.2 Å².